The maximum atomic E-state index is 12.1. The van der Waals surface area contributed by atoms with Crippen LogP contribution >= 0.6 is 23.2 Å². The van der Waals surface area contributed by atoms with Crippen LogP contribution in [0, 0.1) is 0 Å². The van der Waals surface area contributed by atoms with E-state index in [1.54, 1.807) is 12.1 Å². The first-order valence-corrected chi connectivity index (χ1v) is 7.71. The van der Waals surface area contributed by atoms with Crippen molar-refractivity contribution in [1.29, 1.82) is 0 Å². The normalized spacial score (nSPS) is 17.8. The summed E-state index contributed by atoms with van der Waals surface area (Å²) in [5, 5.41) is 6.65. The summed E-state index contributed by atoms with van der Waals surface area (Å²) in [6, 6.07) is 3.43. The van der Waals surface area contributed by atoms with Crippen molar-refractivity contribution in [2.75, 3.05) is 5.32 Å². The van der Waals surface area contributed by atoms with Crippen molar-refractivity contribution in [1.82, 2.24) is 10.3 Å². The van der Waals surface area contributed by atoms with Gasteiger partial charge >= 0.3 is 0 Å². The monoisotopic (exact) mass is 315 g/mol. The molecule has 2 N–H and O–H groups in total. The van der Waals surface area contributed by atoms with Gasteiger partial charge in [-0.2, -0.15) is 0 Å². The molecule has 0 saturated heterocycles. The molecule has 0 bridgehead atoms. The first-order chi connectivity index (χ1) is 9.56. The van der Waals surface area contributed by atoms with Gasteiger partial charge in [0.25, 0.3) is 0 Å². The molecule has 4 nitrogen and oxygen atoms in total. The Morgan fingerprint density at radius 1 is 1.30 bits per heavy atom. The molecule has 1 aromatic heterocycles. The molecule has 0 aromatic carbocycles. The zero-order chi connectivity index (χ0) is 14.5. The molecule has 1 saturated carbocycles. The number of rotatable bonds is 4. The molecule has 1 aliphatic carbocycles. The maximum Gasteiger partial charge on any atom is 0.241 e. The molecule has 1 atom stereocenters. The van der Waals surface area contributed by atoms with Crippen molar-refractivity contribution < 1.29 is 4.79 Å². The largest absolute Gasteiger partial charge is 0.322 e. The molecule has 1 aliphatic rings. The number of pyridine rings is 1. The second kappa shape index (κ2) is 7.25. The number of hydrogen-bond acceptors (Lipinski definition) is 3. The molecule has 110 valence electrons. The van der Waals surface area contributed by atoms with Crippen LogP contribution in [0.1, 0.15) is 39.0 Å². The first-order valence-electron chi connectivity index (χ1n) is 6.95. The lowest BCUT2D eigenvalue weighted by atomic mass is 9.95. The number of amides is 1. The number of nitrogens with one attached hydrogen (secondary N) is 2. The summed E-state index contributed by atoms with van der Waals surface area (Å²) < 4.78 is 0. The van der Waals surface area contributed by atoms with Gasteiger partial charge in [0.15, 0.2) is 5.15 Å². The fourth-order valence-electron chi connectivity index (χ4n) is 2.44. The van der Waals surface area contributed by atoms with E-state index in [0.717, 1.165) is 12.8 Å². The Morgan fingerprint density at radius 2 is 2.00 bits per heavy atom. The Hall–Kier alpha value is -0.840. The number of nitrogens with zero attached hydrogens (tertiary/aromatic N) is 1. The molecular weight excluding hydrogens is 297 g/mol. The van der Waals surface area contributed by atoms with Crippen LogP contribution in [-0.2, 0) is 4.79 Å². The van der Waals surface area contributed by atoms with Crippen molar-refractivity contribution in [3.8, 4) is 0 Å². The van der Waals surface area contributed by atoms with Crippen LogP contribution in [0.15, 0.2) is 12.1 Å². The number of carbonyl (C=O) groups is 1. The smallest absolute Gasteiger partial charge is 0.241 e. The Balaban J connectivity index is 1.89. The van der Waals surface area contributed by atoms with Gasteiger partial charge in [0.1, 0.15) is 5.15 Å². The second-order valence-electron chi connectivity index (χ2n) is 5.18. The van der Waals surface area contributed by atoms with Crippen LogP contribution in [0.5, 0.6) is 0 Å². The van der Waals surface area contributed by atoms with Gasteiger partial charge < -0.3 is 10.6 Å². The fraction of sp³-hybridized carbons (Fsp3) is 0.571. The van der Waals surface area contributed by atoms with E-state index in [4.69, 9.17) is 23.2 Å². The number of anilines is 1. The molecule has 1 unspecified atom stereocenters. The van der Waals surface area contributed by atoms with Crippen molar-refractivity contribution >= 4 is 34.8 Å². The highest BCUT2D eigenvalue weighted by atomic mass is 35.5. The third-order valence-corrected chi connectivity index (χ3v) is 4.06. The topological polar surface area (TPSA) is 54.0 Å². The number of carbonyl (C=O) groups excluding carboxylic acids is 1. The maximum absolute atomic E-state index is 12.1. The van der Waals surface area contributed by atoms with Crippen LogP contribution in [-0.4, -0.2) is 23.0 Å². The number of hydrogen-bond donors (Lipinski definition) is 2. The van der Waals surface area contributed by atoms with Gasteiger partial charge in [0, 0.05) is 6.04 Å². The standard InChI is InChI=1S/C14H19Cl2N3O/c1-9(17-10-5-3-2-4-6-10)14(20)18-11-7-8-12(15)19-13(11)16/h7-10,17H,2-6H2,1H3,(H,18,20). The molecule has 0 aliphatic heterocycles. The lowest BCUT2D eigenvalue weighted by Crippen LogP contribution is -2.44. The molecule has 1 aromatic rings. The Kier molecular flexibility index (Phi) is 5.64. The molecule has 20 heavy (non-hydrogen) atoms. The number of aromatic nitrogens is 1. The van der Waals surface area contributed by atoms with Crippen molar-refractivity contribution in [3.63, 3.8) is 0 Å². The minimum atomic E-state index is -0.259. The van der Waals surface area contributed by atoms with Crippen LogP contribution in [0.2, 0.25) is 10.3 Å². The van der Waals surface area contributed by atoms with Crippen molar-refractivity contribution in [2.45, 2.75) is 51.1 Å². The number of halogens is 2. The molecule has 0 spiro atoms. The lowest BCUT2D eigenvalue weighted by molar-refractivity contribution is -0.118. The average Bonchev–Trinajstić information content (AvgIpc) is 2.43. The quantitative estimate of drug-likeness (QED) is 0.834. The predicted octanol–water partition coefficient (Wildman–Crippen LogP) is 3.64. The van der Waals surface area contributed by atoms with Gasteiger partial charge in [-0.25, -0.2) is 4.98 Å². The highest BCUT2D eigenvalue weighted by Crippen LogP contribution is 2.22. The second-order valence-corrected chi connectivity index (χ2v) is 5.93. The highest BCUT2D eigenvalue weighted by Gasteiger charge is 2.20. The lowest BCUT2D eigenvalue weighted by Gasteiger charge is -2.26. The Labute approximate surface area is 129 Å². The van der Waals surface area contributed by atoms with Crippen molar-refractivity contribution in [2.24, 2.45) is 0 Å². The molecule has 1 heterocycles. The highest BCUT2D eigenvalue weighted by molar-refractivity contribution is 6.34. The van der Waals surface area contributed by atoms with Gasteiger partial charge in [-0.1, -0.05) is 42.5 Å². The van der Waals surface area contributed by atoms with Gasteiger partial charge in [-0.3, -0.25) is 4.79 Å². The Morgan fingerprint density at radius 3 is 2.65 bits per heavy atom. The van der Waals surface area contributed by atoms with Gasteiger partial charge in [0.2, 0.25) is 5.91 Å². The average molecular weight is 316 g/mol. The minimum Gasteiger partial charge on any atom is -0.322 e. The molecule has 1 amide bonds. The third-order valence-electron chi connectivity index (χ3n) is 3.56. The summed E-state index contributed by atoms with van der Waals surface area (Å²) in [4.78, 5) is 16.0. The molecule has 1 fully saturated rings. The summed E-state index contributed by atoms with van der Waals surface area (Å²) in [6.45, 7) is 1.86. The molecular formula is C14H19Cl2N3O. The van der Waals surface area contributed by atoms with E-state index in [2.05, 4.69) is 15.6 Å². The minimum absolute atomic E-state index is 0.110. The Bertz CT molecular complexity index is 475. The fourth-order valence-corrected chi connectivity index (χ4v) is 2.84. The summed E-state index contributed by atoms with van der Waals surface area (Å²) in [5.41, 5.74) is 0.485. The van der Waals surface area contributed by atoms with Gasteiger partial charge in [-0.05, 0) is 31.9 Å². The first kappa shape index (κ1) is 15.5. The van der Waals surface area contributed by atoms with E-state index < -0.39 is 0 Å². The summed E-state index contributed by atoms with van der Waals surface area (Å²) in [6.07, 6.45) is 6.05. The van der Waals surface area contributed by atoms with E-state index in [-0.39, 0.29) is 17.1 Å². The molecule has 2 rings (SSSR count). The van der Waals surface area contributed by atoms with E-state index in [1.165, 1.54) is 19.3 Å². The van der Waals surface area contributed by atoms with Gasteiger partial charge in [-0.15, -0.1) is 0 Å². The van der Waals surface area contributed by atoms with Crippen molar-refractivity contribution in [3.05, 3.63) is 22.4 Å². The SMILES string of the molecule is CC(NC1CCCCC1)C(=O)Nc1ccc(Cl)nc1Cl. The van der Waals surface area contributed by atoms with Crippen LogP contribution < -0.4 is 10.6 Å². The molecule has 0 radical (unpaired) electrons. The van der Waals surface area contributed by atoms with Crippen LogP contribution in [0.25, 0.3) is 0 Å². The van der Waals surface area contributed by atoms with Gasteiger partial charge in [0.05, 0.1) is 11.7 Å². The summed E-state index contributed by atoms with van der Waals surface area (Å²) in [5.74, 6) is -0.110. The van der Waals surface area contributed by atoms with Crippen LogP contribution in [0.4, 0.5) is 5.69 Å². The third kappa shape index (κ3) is 4.33. The van der Waals surface area contributed by atoms with Crippen LogP contribution in [0.3, 0.4) is 0 Å². The van der Waals surface area contributed by atoms with E-state index in [9.17, 15) is 4.79 Å². The predicted molar refractivity (Wildman–Crippen MR) is 82.4 cm³/mol. The molecule has 6 heteroatoms. The summed E-state index contributed by atoms with van der Waals surface area (Å²) >= 11 is 11.7. The van der Waals surface area contributed by atoms with E-state index >= 15 is 0 Å². The van der Waals surface area contributed by atoms with E-state index in [1.807, 2.05) is 6.92 Å². The van der Waals surface area contributed by atoms with E-state index in [0.29, 0.717) is 16.9 Å². The zero-order valence-corrected chi connectivity index (χ0v) is 13.0. The summed E-state index contributed by atoms with van der Waals surface area (Å²) in [7, 11) is 0. The zero-order valence-electron chi connectivity index (χ0n) is 11.5.